The number of nitrogens with one attached hydrogen (secondary N) is 2. The summed E-state index contributed by atoms with van der Waals surface area (Å²) in [5.74, 6) is 1.17. The molecule has 0 atom stereocenters. The van der Waals surface area contributed by atoms with Crippen molar-refractivity contribution in [1.82, 2.24) is 0 Å². The summed E-state index contributed by atoms with van der Waals surface area (Å²) in [7, 11) is -4.34. The summed E-state index contributed by atoms with van der Waals surface area (Å²) >= 11 is 0.342. The summed E-state index contributed by atoms with van der Waals surface area (Å²) in [6.45, 7) is 0. The van der Waals surface area contributed by atoms with Crippen molar-refractivity contribution in [2.75, 3.05) is 23.7 Å². The maximum atomic E-state index is 12.6. The fourth-order valence-electron chi connectivity index (χ4n) is 3.19. The SMILES string of the molecule is COc1ccc(S(=O)(=O)Nc2ccc([Se][Se]c3ccc(NS(=O)(=O)c4ccc(OC)cc4)cc3)cc2)cc1. The Hall–Kier alpha value is -2.98. The van der Waals surface area contributed by atoms with Gasteiger partial charge in [0.05, 0.1) is 0 Å². The maximum absolute atomic E-state index is 12.6. The van der Waals surface area contributed by atoms with E-state index in [0.29, 0.717) is 22.9 Å². The van der Waals surface area contributed by atoms with Gasteiger partial charge in [0.25, 0.3) is 0 Å². The molecule has 198 valence electrons. The fourth-order valence-corrected chi connectivity index (χ4v) is 11.3. The zero-order valence-electron chi connectivity index (χ0n) is 20.3. The second-order valence-electron chi connectivity index (χ2n) is 7.78. The minimum atomic E-state index is -3.70. The van der Waals surface area contributed by atoms with Crippen LogP contribution in [0.25, 0.3) is 0 Å². The van der Waals surface area contributed by atoms with Gasteiger partial charge in [-0.1, -0.05) is 0 Å². The normalized spacial score (nSPS) is 11.5. The third-order valence-electron chi connectivity index (χ3n) is 5.19. The molecule has 8 nitrogen and oxygen atoms in total. The van der Waals surface area contributed by atoms with E-state index in [1.165, 1.54) is 38.5 Å². The number of anilines is 2. The molecule has 0 unspecified atom stereocenters. The number of ether oxygens (including phenoxy) is 2. The number of methoxy groups -OCH3 is 2. The molecule has 38 heavy (non-hydrogen) atoms. The first kappa shape index (κ1) is 28.0. The van der Waals surface area contributed by atoms with E-state index in [1.807, 2.05) is 24.3 Å². The second kappa shape index (κ2) is 12.3. The van der Waals surface area contributed by atoms with Gasteiger partial charge < -0.3 is 0 Å². The van der Waals surface area contributed by atoms with Crippen LogP contribution < -0.4 is 27.8 Å². The van der Waals surface area contributed by atoms with Gasteiger partial charge in [-0.05, 0) is 0 Å². The average Bonchev–Trinajstić information content (AvgIpc) is 2.93. The van der Waals surface area contributed by atoms with Crippen LogP contribution in [0.5, 0.6) is 11.5 Å². The van der Waals surface area contributed by atoms with E-state index >= 15 is 0 Å². The third-order valence-corrected chi connectivity index (χ3v) is 15.2. The molecule has 0 spiro atoms. The van der Waals surface area contributed by atoms with E-state index in [1.54, 1.807) is 48.5 Å². The molecule has 0 radical (unpaired) electrons. The molecular formula is C26H24N2O6S2Se2. The van der Waals surface area contributed by atoms with Gasteiger partial charge in [0.15, 0.2) is 0 Å². The van der Waals surface area contributed by atoms with Gasteiger partial charge in [-0.3, -0.25) is 0 Å². The van der Waals surface area contributed by atoms with Crippen LogP contribution in [0, 0.1) is 0 Å². The van der Waals surface area contributed by atoms with E-state index < -0.39 is 20.0 Å². The number of hydrogen-bond acceptors (Lipinski definition) is 6. The van der Waals surface area contributed by atoms with E-state index in [4.69, 9.17) is 9.47 Å². The van der Waals surface area contributed by atoms with Crippen LogP contribution in [-0.4, -0.2) is 57.3 Å². The van der Waals surface area contributed by atoms with Crippen LogP contribution in [0.2, 0.25) is 0 Å². The first-order valence-electron chi connectivity index (χ1n) is 11.1. The van der Waals surface area contributed by atoms with E-state index in [9.17, 15) is 16.8 Å². The van der Waals surface area contributed by atoms with Crippen LogP contribution in [0.3, 0.4) is 0 Å². The Morgan fingerprint density at radius 1 is 0.500 bits per heavy atom. The van der Waals surface area contributed by atoms with Gasteiger partial charge in [-0.25, -0.2) is 0 Å². The molecule has 2 N–H and O–H groups in total. The van der Waals surface area contributed by atoms with Crippen molar-refractivity contribution in [3.63, 3.8) is 0 Å². The van der Waals surface area contributed by atoms with Crippen molar-refractivity contribution in [2.45, 2.75) is 9.79 Å². The van der Waals surface area contributed by atoms with Gasteiger partial charge >= 0.3 is 235 Å². The number of benzene rings is 4. The molecule has 0 aliphatic carbocycles. The number of rotatable bonds is 11. The van der Waals surface area contributed by atoms with Crippen molar-refractivity contribution in [3.8, 4) is 11.5 Å². The van der Waals surface area contributed by atoms with Crippen LogP contribution in [0.15, 0.2) is 107 Å². The van der Waals surface area contributed by atoms with E-state index in [2.05, 4.69) is 9.44 Å². The standard InChI is InChI=1S/C26H24N2O6S2Se2/c1-33-21-7-11-23(12-8-21)35(29,30)27-19-3-15-25(16-4-19)37-38-26-17-5-20(6-18-26)28-36(31,32)24-13-9-22(34-2)10-14-24/h3-18,27-28H,1-2H3. The summed E-state index contributed by atoms with van der Waals surface area (Å²) in [5, 5.41) is 0. The summed E-state index contributed by atoms with van der Waals surface area (Å²) < 4.78 is 68.1. The topological polar surface area (TPSA) is 111 Å². The molecule has 0 aliphatic heterocycles. The van der Waals surface area contributed by atoms with Gasteiger partial charge in [0, 0.05) is 0 Å². The first-order chi connectivity index (χ1) is 18.2. The zero-order chi connectivity index (χ0) is 27.2. The fraction of sp³-hybridized carbons (Fsp3) is 0.0769. The van der Waals surface area contributed by atoms with Crippen molar-refractivity contribution in [1.29, 1.82) is 0 Å². The molecule has 12 heteroatoms. The summed E-state index contributed by atoms with van der Waals surface area (Å²) in [4.78, 5) is 0.314. The predicted molar refractivity (Wildman–Crippen MR) is 151 cm³/mol. The van der Waals surface area contributed by atoms with E-state index in [-0.39, 0.29) is 36.1 Å². The molecule has 4 aromatic carbocycles. The Kier molecular flexibility index (Phi) is 9.04. The second-order valence-corrected chi connectivity index (χ2v) is 17.5. The van der Waals surface area contributed by atoms with Gasteiger partial charge in [-0.2, -0.15) is 0 Å². The molecule has 0 aromatic heterocycles. The Balaban J connectivity index is 1.32. The quantitative estimate of drug-likeness (QED) is 0.236. The molecule has 4 aromatic rings. The number of sulfonamides is 2. The molecule has 4 rings (SSSR count). The predicted octanol–water partition coefficient (Wildman–Crippen LogP) is 2.58. The van der Waals surface area contributed by atoms with Crippen LogP contribution in [-0.2, 0) is 20.0 Å². The molecular weight excluding hydrogens is 658 g/mol. The minimum absolute atomic E-state index is 0.157. The molecule has 0 amide bonds. The zero-order valence-corrected chi connectivity index (χ0v) is 25.4. The molecule has 0 bridgehead atoms. The molecule has 0 heterocycles. The summed E-state index contributed by atoms with van der Waals surface area (Å²) in [6.07, 6.45) is 0. The van der Waals surface area contributed by atoms with Crippen LogP contribution >= 0.6 is 0 Å². The van der Waals surface area contributed by atoms with Gasteiger partial charge in [0.2, 0.25) is 0 Å². The average molecular weight is 683 g/mol. The van der Waals surface area contributed by atoms with Crippen molar-refractivity contribution in [3.05, 3.63) is 97.1 Å². The molecule has 0 saturated heterocycles. The Labute approximate surface area is 233 Å². The summed E-state index contributed by atoms with van der Waals surface area (Å²) in [5.41, 5.74) is 0.975. The van der Waals surface area contributed by atoms with Crippen molar-refractivity contribution in [2.24, 2.45) is 0 Å². The first-order valence-corrected chi connectivity index (χ1v) is 20.1. The van der Waals surface area contributed by atoms with Crippen LogP contribution in [0.1, 0.15) is 0 Å². The molecule has 0 fully saturated rings. The Morgan fingerprint density at radius 3 is 1.11 bits per heavy atom. The Morgan fingerprint density at radius 2 is 0.816 bits per heavy atom. The third kappa shape index (κ3) is 7.32. The monoisotopic (exact) mass is 684 g/mol. The van der Waals surface area contributed by atoms with Crippen molar-refractivity contribution >= 4 is 66.6 Å². The Bertz CT molecular complexity index is 1460. The van der Waals surface area contributed by atoms with Gasteiger partial charge in [-0.15, -0.1) is 0 Å². The molecule has 0 saturated carbocycles. The summed E-state index contributed by atoms with van der Waals surface area (Å²) in [6, 6.07) is 27.1. The van der Waals surface area contributed by atoms with Crippen LogP contribution in [0.4, 0.5) is 11.4 Å². The number of hydrogen-bond donors (Lipinski definition) is 2. The van der Waals surface area contributed by atoms with Gasteiger partial charge in [0.1, 0.15) is 0 Å². The molecule has 0 aliphatic rings. The van der Waals surface area contributed by atoms with E-state index in [0.717, 1.165) is 8.92 Å². The van der Waals surface area contributed by atoms with Crippen molar-refractivity contribution < 1.29 is 26.3 Å².